The number of ketones is 1. The number of methoxy groups -OCH3 is 1. The van der Waals surface area contributed by atoms with Crippen molar-refractivity contribution in [2.75, 3.05) is 18.6 Å². The van der Waals surface area contributed by atoms with E-state index in [2.05, 4.69) is 19.3 Å². The topological polar surface area (TPSA) is 77.3 Å². The Hall–Kier alpha value is -2.22. The molecule has 8 heteroatoms. The Morgan fingerprint density at radius 3 is 2.90 bits per heavy atom. The number of carbonyl (C=O) groups is 2. The van der Waals surface area contributed by atoms with Crippen LogP contribution in [0, 0.1) is 0 Å². The molecule has 0 N–H and O–H groups in total. The van der Waals surface area contributed by atoms with Gasteiger partial charge in [-0.05, 0) is 0 Å². The Bertz CT molecular complexity index is 706. The largest absolute Gasteiger partial charge is 0.464 e. The molecular formula is C13H14N4O3S. The molecule has 0 amide bonds. The Labute approximate surface area is 125 Å². The molecule has 21 heavy (non-hydrogen) atoms. The number of nitrogens with zero attached hydrogens (tertiary/aromatic N) is 4. The SMILES string of the molecule is COC(=O)c1nc(N2CCn3ccnc3C2)sc1C(C)=O. The highest BCUT2D eigenvalue weighted by Gasteiger charge is 2.26. The normalized spacial score (nSPS) is 13.9. The summed E-state index contributed by atoms with van der Waals surface area (Å²) >= 11 is 1.22. The van der Waals surface area contributed by atoms with E-state index in [0.29, 0.717) is 16.6 Å². The average molecular weight is 306 g/mol. The van der Waals surface area contributed by atoms with Gasteiger partial charge in [0.2, 0.25) is 0 Å². The molecule has 2 aromatic heterocycles. The molecule has 1 aliphatic heterocycles. The Morgan fingerprint density at radius 1 is 1.38 bits per heavy atom. The van der Waals surface area contributed by atoms with Gasteiger partial charge in [-0.1, -0.05) is 11.3 Å². The summed E-state index contributed by atoms with van der Waals surface area (Å²) in [5.74, 6) is 0.180. The van der Waals surface area contributed by atoms with Gasteiger partial charge in [-0.3, -0.25) is 4.79 Å². The molecule has 0 aliphatic carbocycles. The summed E-state index contributed by atoms with van der Waals surface area (Å²) in [7, 11) is 1.28. The monoisotopic (exact) mass is 306 g/mol. The van der Waals surface area contributed by atoms with Crippen LogP contribution in [0.15, 0.2) is 12.4 Å². The molecule has 0 atom stereocenters. The molecule has 0 saturated heterocycles. The average Bonchev–Trinajstić information content (AvgIpc) is 3.11. The zero-order valence-electron chi connectivity index (χ0n) is 11.7. The van der Waals surface area contributed by atoms with Crippen molar-refractivity contribution in [3.63, 3.8) is 0 Å². The maximum Gasteiger partial charge on any atom is 0.358 e. The van der Waals surface area contributed by atoms with Gasteiger partial charge in [0.1, 0.15) is 10.7 Å². The third-order valence-corrected chi connectivity index (χ3v) is 4.55. The van der Waals surface area contributed by atoms with Gasteiger partial charge < -0.3 is 14.2 Å². The lowest BCUT2D eigenvalue weighted by Gasteiger charge is -2.27. The first-order valence-electron chi connectivity index (χ1n) is 6.45. The van der Waals surface area contributed by atoms with Crippen molar-refractivity contribution in [3.05, 3.63) is 28.8 Å². The number of Topliss-reactive ketones (excluding diaryl/α,β-unsaturated/α-hetero) is 1. The molecule has 1 aliphatic rings. The molecule has 0 spiro atoms. The molecular weight excluding hydrogens is 292 g/mol. The number of ether oxygens (including phenoxy) is 1. The number of imidazole rings is 1. The summed E-state index contributed by atoms with van der Waals surface area (Å²) in [6.45, 7) is 3.60. The number of aromatic nitrogens is 3. The third-order valence-electron chi connectivity index (χ3n) is 3.33. The van der Waals surface area contributed by atoms with Crippen molar-refractivity contribution in [1.29, 1.82) is 0 Å². The summed E-state index contributed by atoms with van der Waals surface area (Å²) in [6, 6.07) is 0. The standard InChI is InChI=1S/C13H14N4O3S/c1-8(18)11-10(12(19)20-2)15-13(21-11)17-6-5-16-4-3-14-9(16)7-17/h3-4H,5-7H2,1-2H3. The number of hydrogen-bond donors (Lipinski definition) is 0. The van der Waals surface area contributed by atoms with E-state index in [1.165, 1.54) is 25.4 Å². The van der Waals surface area contributed by atoms with Crippen LogP contribution in [0.5, 0.6) is 0 Å². The number of carbonyl (C=O) groups excluding carboxylic acids is 2. The molecule has 3 heterocycles. The van der Waals surface area contributed by atoms with Crippen molar-refractivity contribution >= 4 is 28.2 Å². The number of hydrogen-bond acceptors (Lipinski definition) is 7. The van der Waals surface area contributed by atoms with Gasteiger partial charge in [-0.25, -0.2) is 14.8 Å². The molecule has 0 unspecified atom stereocenters. The van der Waals surface area contributed by atoms with E-state index >= 15 is 0 Å². The van der Waals surface area contributed by atoms with Crippen molar-refractivity contribution in [2.24, 2.45) is 0 Å². The van der Waals surface area contributed by atoms with Gasteiger partial charge in [0.25, 0.3) is 0 Å². The van der Waals surface area contributed by atoms with E-state index in [-0.39, 0.29) is 11.5 Å². The molecule has 110 valence electrons. The molecule has 0 radical (unpaired) electrons. The number of esters is 1. The summed E-state index contributed by atoms with van der Waals surface area (Å²) < 4.78 is 6.77. The highest BCUT2D eigenvalue weighted by molar-refractivity contribution is 7.17. The third kappa shape index (κ3) is 2.42. The first-order valence-corrected chi connectivity index (χ1v) is 7.27. The van der Waals surface area contributed by atoms with Crippen LogP contribution in [0.25, 0.3) is 0 Å². The molecule has 3 rings (SSSR count). The first kappa shape index (κ1) is 13.7. The summed E-state index contributed by atoms with van der Waals surface area (Å²) in [4.78, 5) is 34.3. The zero-order valence-corrected chi connectivity index (χ0v) is 12.5. The van der Waals surface area contributed by atoms with Crippen LogP contribution in [0.4, 0.5) is 5.13 Å². The lowest BCUT2D eigenvalue weighted by molar-refractivity contribution is 0.0591. The minimum absolute atomic E-state index is 0.0962. The molecule has 7 nitrogen and oxygen atoms in total. The van der Waals surface area contributed by atoms with E-state index in [1.54, 1.807) is 6.20 Å². The minimum Gasteiger partial charge on any atom is -0.464 e. The van der Waals surface area contributed by atoms with Crippen molar-refractivity contribution in [2.45, 2.75) is 20.0 Å². The number of fused-ring (bicyclic) bond motifs is 1. The first-order chi connectivity index (χ1) is 10.1. The molecule has 0 fully saturated rings. The molecule has 2 aromatic rings. The summed E-state index contributed by atoms with van der Waals surface area (Å²) in [6.07, 6.45) is 3.71. The fourth-order valence-corrected chi connectivity index (χ4v) is 3.23. The van der Waals surface area contributed by atoms with Crippen molar-refractivity contribution in [1.82, 2.24) is 14.5 Å². The quantitative estimate of drug-likeness (QED) is 0.629. The van der Waals surface area contributed by atoms with Crippen molar-refractivity contribution < 1.29 is 14.3 Å². The lowest BCUT2D eigenvalue weighted by Crippen LogP contribution is -2.33. The number of thiazole rings is 1. The fraction of sp³-hybridized carbons (Fsp3) is 0.385. The van der Waals surface area contributed by atoms with Gasteiger partial charge in [-0.2, -0.15) is 0 Å². The van der Waals surface area contributed by atoms with Gasteiger partial charge in [0, 0.05) is 32.4 Å². The van der Waals surface area contributed by atoms with E-state index < -0.39 is 5.97 Å². The Kier molecular flexibility index (Phi) is 3.46. The van der Waals surface area contributed by atoms with Crippen LogP contribution >= 0.6 is 11.3 Å². The Morgan fingerprint density at radius 2 is 2.19 bits per heavy atom. The maximum absolute atomic E-state index is 11.7. The van der Waals surface area contributed by atoms with Gasteiger partial charge in [-0.15, -0.1) is 0 Å². The van der Waals surface area contributed by atoms with Gasteiger partial charge >= 0.3 is 5.97 Å². The van der Waals surface area contributed by atoms with Crippen LogP contribution < -0.4 is 4.90 Å². The summed E-state index contributed by atoms with van der Waals surface area (Å²) in [5.41, 5.74) is 0.0962. The highest BCUT2D eigenvalue weighted by atomic mass is 32.1. The predicted octanol–water partition coefficient (Wildman–Crippen LogP) is 1.35. The van der Waals surface area contributed by atoms with E-state index in [0.717, 1.165) is 18.9 Å². The van der Waals surface area contributed by atoms with E-state index in [1.807, 2.05) is 11.1 Å². The van der Waals surface area contributed by atoms with Crippen LogP contribution in [-0.2, 0) is 17.8 Å². The van der Waals surface area contributed by atoms with Crippen LogP contribution in [0.2, 0.25) is 0 Å². The summed E-state index contributed by atoms with van der Waals surface area (Å²) in [5, 5.41) is 0.648. The maximum atomic E-state index is 11.7. The van der Waals surface area contributed by atoms with E-state index in [9.17, 15) is 9.59 Å². The van der Waals surface area contributed by atoms with E-state index in [4.69, 9.17) is 0 Å². The zero-order chi connectivity index (χ0) is 15.0. The fourth-order valence-electron chi connectivity index (χ4n) is 2.25. The molecule has 0 saturated carbocycles. The predicted molar refractivity (Wildman–Crippen MR) is 76.7 cm³/mol. The second kappa shape index (κ2) is 5.28. The van der Waals surface area contributed by atoms with Crippen LogP contribution in [-0.4, -0.2) is 39.9 Å². The van der Waals surface area contributed by atoms with Crippen LogP contribution in [0.1, 0.15) is 32.9 Å². The van der Waals surface area contributed by atoms with Crippen LogP contribution in [0.3, 0.4) is 0 Å². The Balaban J connectivity index is 1.93. The van der Waals surface area contributed by atoms with Gasteiger partial charge in [0.15, 0.2) is 16.6 Å². The molecule has 0 bridgehead atoms. The molecule has 0 aromatic carbocycles. The van der Waals surface area contributed by atoms with Crippen molar-refractivity contribution in [3.8, 4) is 0 Å². The minimum atomic E-state index is -0.582. The highest BCUT2D eigenvalue weighted by Crippen LogP contribution is 2.29. The number of rotatable bonds is 3. The smallest absolute Gasteiger partial charge is 0.358 e. The lowest BCUT2D eigenvalue weighted by atomic mass is 10.3. The number of anilines is 1. The second-order valence-electron chi connectivity index (χ2n) is 4.68. The second-order valence-corrected chi connectivity index (χ2v) is 5.66. The van der Waals surface area contributed by atoms with Gasteiger partial charge in [0.05, 0.1) is 13.7 Å².